The molecule has 2 aliphatic carbocycles. The number of anilines is 1. The maximum Gasteiger partial charge on any atom is 0.255 e. The van der Waals surface area contributed by atoms with E-state index >= 15 is 0 Å². The number of carbonyl (C=O) groups is 2. The van der Waals surface area contributed by atoms with Gasteiger partial charge in [0, 0.05) is 34.4 Å². The van der Waals surface area contributed by atoms with Crippen LogP contribution in [0.2, 0.25) is 0 Å². The van der Waals surface area contributed by atoms with Gasteiger partial charge in [-0.2, -0.15) is 5.10 Å². The maximum atomic E-state index is 12.8. The summed E-state index contributed by atoms with van der Waals surface area (Å²) < 4.78 is 1.56. The van der Waals surface area contributed by atoms with Gasteiger partial charge in [0.15, 0.2) is 0 Å². The molecule has 0 bridgehead atoms. The Labute approximate surface area is 175 Å². The van der Waals surface area contributed by atoms with Gasteiger partial charge >= 0.3 is 0 Å². The second-order valence-corrected chi connectivity index (χ2v) is 8.48. The predicted molar refractivity (Wildman–Crippen MR) is 116 cm³/mol. The normalized spacial score (nSPS) is 16.5. The van der Waals surface area contributed by atoms with Crippen LogP contribution in [0, 0.1) is 0 Å². The van der Waals surface area contributed by atoms with Crippen molar-refractivity contribution in [3.63, 3.8) is 0 Å². The first-order valence-electron chi connectivity index (χ1n) is 10.9. The van der Waals surface area contributed by atoms with Gasteiger partial charge in [0.25, 0.3) is 5.91 Å². The number of H-pyrrole nitrogens is 1. The monoisotopic (exact) mass is 405 g/mol. The minimum absolute atomic E-state index is 0.0365. The fraction of sp³-hybridized carbons (Fsp3) is 0.435. The van der Waals surface area contributed by atoms with E-state index in [0.29, 0.717) is 17.3 Å². The Bertz CT molecular complexity index is 1090. The summed E-state index contributed by atoms with van der Waals surface area (Å²) in [5.41, 5.74) is 4.98. The molecule has 156 valence electrons. The van der Waals surface area contributed by atoms with E-state index in [-0.39, 0.29) is 18.4 Å². The summed E-state index contributed by atoms with van der Waals surface area (Å²) >= 11 is 0. The molecular formula is C23H27N5O2. The fourth-order valence-corrected chi connectivity index (χ4v) is 4.76. The van der Waals surface area contributed by atoms with Gasteiger partial charge in [-0.1, -0.05) is 12.8 Å². The van der Waals surface area contributed by atoms with E-state index in [1.807, 2.05) is 18.2 Å². The zero-order valence-electron chi connectivity index (χ0n) is 17.0. The lowest BCUT2D eigenvalue weighted by Crippen LogP contribution is -2.35. The summed E-state index contributed by atoms with van der Waals surface area (Å²) in [5, 5.41) is 11.3. The Kier molecular flexibility index (Phi) is 5.02. The molecule has 2 amide bonds. The van der Waals surface area contributed by atoms with E-state index < -0.39 is 0 Å². The number of nitrogens with zero attached hydrogens (tertiary/aromatic N) is 2. The number of aryl methyl sites for hydroxylation is 2. The van der Waals surface area contributed by atoms with Gasteiger partial charge < -0.3 is 15.6 Å². The van der Waals surface area contributed by atoms with Crippen LogP contribution in [-0.2, 0) is 24.2 Å². The van der Waals surface area contributed by atoms with Crippen molar-refractivity contribution in [3.8, 4) is 0 Å². The second-order valence-electron chi connectivity index (χ2n) is 8.48. The number of rotatable bonds is 5. The Balaban J connectivity index is 1.25. The van der Waals surface area contributed by atoms with Crippen LogP contribution in [-0.4, -0.2) is 32.6 Å². The highest BCUT2D eigenvalue weighted by Crippen LogP contribution is 2.29. The fourth-order valence-electron chi connectivity index (χ4n) is 4.76. The minimum atomic E-state index is -0.169. The van der Waals surface area contributed by atoms with Crippen molar-refractivity contribution < 1.29 is 9.59 Å². The largest absolute Gasteiger partial charge is 0.358 e. The molecule has 0 saturated heterocycles. The maximum absolute atomic E-state index is 12.8. The first-order valence-corrected chi connectivity index (χ1v) is 10.9. The van der Waals surface area contributed by atoms with Crippen LogP contribution in [0.3, 0.4) is 0 Å². The Hall–Kier alpha value is -3.09. The number of fused-ring (bicyclic) bond motifs is 3. The molecule has 3 aromatic rings. The zero-order chi connectivity index (χ0) is 20.5. The second kappa shape index (κ2) is 7.97. The van der Waals surface area contributed by atoms with Crippen LogP contribution in [0.25, 0.3) is 10.9 Å². The molecule has 1 aromatic carbocycles. The van der Waals surface area contributed by atoms with Gasteiger partial charge in [-0.05, 0) is 62.3 Å². The molecule has 0 radical (unpaired) electrons. The van der Waals surface area contributed by atoms with Crippen molar-refractivity contribution in [2.75, 3.05) is 5.32 Å². The molecule has 1 saturated carbocycles. The number of benzene rings is 1. The van der Waals surface area contributed by atoms with Crippen LogP contribution in [0.5, 0.6) is 0 Å². The first-order chi connectivity index (χ1) is 14.7. The van der Waals surface area contributed by atoms with E-state index in [1.165, 1.54) is 36.9 Å². The lowest BCUT2D eigenvalue weighted by Gasteiger charge is -2.11. The Morgan fingerprint density at radius 3 is 2.83 bits per heavy atom. The summed E-state index contributed by atoms with van der Waals surface area (Å²) in [6.45, 7) is 0.161. The smallest absolute Gasteiger partial charge is 0.255 e. The van der Waals surface area contributed by atoms with Crippen molar-refractivity contribution in [2.45, 2.75) is 64.0 Å². The summed E-state index contributed by atoms with van der Waals surface area (Å²) in [7, 11) is 0. The molecule has 5 rings (SSSR count). The van der Waals surface area contributed by atoms with Gasteiger partial charge in [0.05, 0.1) is 11.9 Å². The van der Waals surface area contributed by atoms with E-state index in [4.69, 9.17) is 0 Å². The molecule has 7 nitrogen and oxygen atoms in total. The average molecular weight is 406 g/mol. The summed E-state index contributed by atoms with van der Waals surface area (Å²) in [6, 6.07) is 6.10. The Morgan fingerprint density at radius 1 is 1.13 bits per heavy atom. The van der Waals surface area contributed by atoms with Crippen molar-refractivity contribution in [2.24, 2.45) is 0 Å². The zero-order valence-corrected chi connectivity index (χ0v) is 17.0. The summed E-state index contributed by atoms with van der Waals surface area (Å²) in [6.07, 6.45) is 12.3. The number of carbonyl (C=O) groups excluding carboxylic acids is 2. The third-order valence-corrected chi connectivity index (χ3v) is 6.28. The first kappa shape index (κ1) is 18.9. The van der Waals surface area contributed by atoms with Crippen molar-refractivity contribution in [1.29, 1.82) is 0 Å². The van der Waals surface area contributed by atoms with Crippen LogP contribution < -0.4 is 10.6 Å². The van der Waals surface area contributed by atoms with Crippen LogP contribution in [0.4, 0.5) is 5.69 Å². The number of aromatic amines is 1. The highest BCUT2D eigenvalue weighted by molar-refractivity contribution is 6.06. The van der Waals surface area contributed by atoms with E-state index in [9.17, 15) is 9.59 Å². The standard InChI is InChI=1S/C23H27N5O2/c29-22(25-16-5-1-2-6-16)14-28-13-17(12-24-28)26-23(30)15-9-10-21-19(11-15)18-7-3-4-8-20(18)27-21/h9-13,16,27H,1-8,14H2,(H,25,29)(H,26,30). The molecule has 2 aliphatic rings. The summed E-state index contributed by atoms with van der Waals surface area (Å²) in [5.74, 6) is -0.205. The van der Waals surface area contributed by atoms with E-state index in [1.54, 1.807) is 17.1 Å². The van der Waals surface area contributed by atoms with Gasteiger partial charge in [0.1, 0.15) is 6.54 Å². The van der Waals surface area contributed by atoms with Gasteiger partial charge in [-0.3, -0.25) is 14.3 Å². The molecule has 1 fully saturated rings. The van der Waals surface area contributed by atoms with Crippen LogP contribution >= 0.6 is 0 Å². The molecule has 2 heterocycles. The molecule has 0 atom stereocenters. The highest BCUT2D eigenvalue weighted by Gasteiger charge is 2.19. The third-order valence-electron chi connectivity index (χ3n) is 6.28. The van der Waals surface area contributed by atoms with Crippen molar-refractivity contribution in [1.82, 2.24) is 20.1 Å². The number of hydrogen-bond donors (Lipinski definition) is 3. The van der Waals surface area contributed by atoms with Crippen molar-refractivity contribution >= 4 is 28.4 Å². The lowest BCUT2D eigenvalue weighted by atomic mass is 9.95. The SMILES string of the molecule is O=C(Cn1cc(NC(=O)c2ccc3[nH]c4c(c3c2)CCCC4)cn1)NC1CCCC1. The van der Waals surface area contributed by atoms with Crippen molar-refractivity contribution in [3.05, 3.63) is 47.4 Å². The molecule has 7 heteroatoms. The Morgan fingerprint density at radius 2 is 1.97 bits per heavy atom. The van der Waals surface area contributed by atoms with Crippen LogP contribution in [0.1, 0.15) is 60.1 Å². The number of aromatic nitrogens is 3. The lowest BCUT2D eigenvalue weighted by molar-refractivity contribution is -0.122. The summed E-state index contributed by atoms with van der Waals surface area (Å²) in [4.78, 5) is 28.4. The topological polar surface area (TPSA) is 91.8 Å². The van der Waals surface area contributed by atoms with Gasteiger partial charge in [-0.25, -0.2) is 0 Å². The minimum Gasteiger partial charge on any atom is -0.358 e. The molecule has 2 aromatic heterocycles. The van der Waals surface area contributed by atoms with Gasteiger partial charge in [-0.15, -0.1) is 0 Å². The number of amides is 2. The van der Waals surface area contributed by atoms with E-state index in [0.717, 1.165) is 36.6 Å². The predicted octanol–water partition coefficient (Wildman–Crippen LogP) is 3.55. The van der Waals surface area contributed by atoms with Gasteiger partial charge in [0.2, 0.25) is 5.91 Å². The molecule has 0 spiro atoms. The van der Waals surface area contributed by atoms with E-state index in [2.05, 4.69) is 20.7 Å². The molecular weight excluding hydrogens is 378 g/mol. The third kappa shape index (κ3) is 3.84. The molecule has 0 unspecified atom stereocenters. The average Bonchev–Trinajstić information content (AvgIpc) is 3.48. The van der Waals surface area contributed by atoms with Crippen LogP contribution in [0.15, 0.2) is 30.6 Å². The molecule has 30 heavy (non-hydrogen) atoms. The number of nitrogens with one attached hydrogen (secondary N) is 3. The molecule has 3 N–H and O–H groups in total. The molecule has 0 aliphatic heterocycles. The number of hydrogen-bond acceptors (Lipinski definition) is 3. The highest BCUT2D eigenvalue weighted by atomic mass is 16.2. The quantitative estimate of drug-likeness (QED) is 0.606.